The third-order valence-electron chi connectivity index (χ3n) is 4.38. The van der Waals surface area contributed by atoms with Crippen LogP contribution in [0.5, 0.6) is 0 Å². The Morgan fingerprint density at radius 1 is 1.00 bits per heavy atom. The first-order valence-corrected chi connectivity index (χ1v) is 8.86. The number of benzene rings is 1. The van der Waals surface area contributed by atoms with Crippen LogP contribution in [0, 0.1) is 0 Å². The van der Waals surface area contributed by atoms with Crippen LogP contribution in [0.25, 0.3) is 22.3 Å². The van der Waals surface area contributed by atoms with Gasteiger partial charge in [-0.25, -0.2) is 9.97 Å². The summed E-state index contributed by atoms with van der Waals surface area (Å²) in [5.74, 6) is 0.393. The molecule has 3 heterocycles. The molecule has 0 aliphatic heterocycles. The van der Waals surface area contributed by atoms with Gasteiger partial charge in [-0.1, -0.05) is 18.2 Å². The minimum Gasteiger partial charge on any atom is -0.352 e. The van der Waals surface area contributed by atoms with Crippen molar-refractivity contribution in [1.29, 1.82) is 0 Å². The van der Waals surface area contributed by atoms with Gasteiger partial charge in [-0.2, -0.15) is 0 Å². The van der Waals surface area contributed by atoms with Crippen LogP contribution in [0.3, 0.4) is 0 Å². The Bertz CT molecular complexity index is 1040. The molecular weight excluding hydrogens is 338 g/mol. The fraction of sp³-hybridized carbons (Fsp3) is 0.143. The van der Waals surface area contributed by atoms with Crippen molar-refractivity contribution < 1.29 is 4.79 Å². The van der Waals surface area contributed by atoms with Crippen LogP contribution < -0.4 is 5.32 Å². The Labute approximate surface area is 156 Å². The lowest BCUT2D eigenvalue weighted by molar-refractivity contribution is 0.0952. The van der Waals surface area contributed by atoms with Gasteiger partial charge in [0.25, 0.3) is 5.91 Å². The molecule has 0 saturated carbocycles. The number of carbonyl (C=O) groups excluding carboxylic acids is 1. The van der Waals surface area contributed by atoms with E-state index in [4.69, 9.17) is 0 Å². The van der Waals surface area contributed by atoms with Crippen molar-refractivity contribution in [3.05, 3.63) is 79.0 Å². The molecule has 6 heteroatoms. The Balaban J connectivity index is 1.30. The van der Waals surface area contributed by atoms with Crippen molar-refractivity contribution in [2.75, 3.05) is 6.54 Å². The number of fused-ring (bicyclic) bond motifs is 1. The molecule has 3 aromatic heterocycles. The van der Waals surface area contributed by atoms with Gasteiger partial charge in [0.05, 0.1) is 5.56 Å². The zero-order valence-corrected chi connectivity index (χ0v) is 14.7. The molecule has 4 aromatic rings. The van der Waals surface area contributed by atoms with E-state index in [2.05, 4.69) is 49.2 Å². The average molecular weight is 357 g/mol. The highest BCUT2D eigenvalue weighted by molar-refractivity contribution is 5.93. The lowest BCUT2D eigenvalue weighted by Gasteiger charge is -2.07. The van der Waals surface area contributed by atoms with Crippen molar-refractivity contribution in [3.63, 3.8) is 0 Å². The van der Waals surface area contributed by atoms with Gasteiger partial charge < -0.3 is 9.88 Å². The smallest absolute Gasteiger partial charge is 0.254 e. The first-order valence-electron chi connectivity index (χ1n) is 8.86. The van der Waals surface area contributed by atoms with E-state index >= 15 is 0 Å². The van der Waals surface area contributed by atoms with Gasteiger partial charge in [0.1, 0.15) is 0 Å². The third-order valence-corrected chi connectivity index (χ3v) is 4.38. The van der Waals surface area contributed by atoms with E-state index in [1.54, 1.807) is 24.8 Å². The first kappa shape index (κ1) is 16.9. The van der Waals surface area contributed by atoms with Crippen molar-refractivity contribution in [2.24, 2.45) is 0 Å². The molecular formula is C21H19N5O. The summed E-state index contributed by atoms with van der Waals surface area (Å²) in [6.07, 6.45) is 9.41. The number of amides is 1. The van der Waals surface area contributed by atoms with Crippen LogP contribution in [0.1, 0.15) is 16.8 Å². The Morgan fingerprint density at radius 2 is 1.85 bits per heavy atom. The summed E-state index contributed by atoms with van der Waals surface area (Å²) in [7, 11) is 0. The fourth-order valence-corrected chi connectivity index (χ4v) is 2.98. The second kappa shape index (κ2) is 7.78. The Morgan fingerprint density at radius 3 is 2.67 bits per heavy atom. The van der Waals surface area contributed by atoms with E-state index in [-0.39, 0.29) is 5.91 Å². The Hall–Kier alpha value is -3.54. The maximum atomic E-state index is 12.3. The minimum atomic E-state index is -0.162. The largest absolute Gasteiger partial charge is 0.352 e. The number of hydrogen-bond acceptors (Lipinski definition) is 4. The molecule has 1 N–H and O–H groups in total. The molecule has 4 rings (SSSR count). The number of nitrogens with zero attached hydrogens (tertiary/aromatic N) is 4. The lowest BCUT2D eigenvalue weighted by atomic mass is 10.2. The molecule has 0 saturated heterocycles. The van der Waals surface area contributed by atoms with E-state index in [1.165, 1.54) is 10.9 Å². The van der Waals surface area contributed by atoms with Gasteiger partial charge in [0, 0.05) is 55.2 Å². The van der Waals surface area contributed by atoms with E-state index in [1.807, 2.05) is 24.3 Å². The number of para-hydroxylation sites is 1. The quantitative estimate of drug-likeness (QED) is 0.537. The molecule has 0 spiro atoms. The van der Waals surface area contributed by atoms with Crippen LogP contribution in [0.4, 0.5) is 0 Å². The minimum absolute atomic E-state index is 0.162. The predicted octanol–water partition coefficient (Wildman–Crippen LogP) is 3.31. The molecule has 1 amide bonds. The van der Waals surface area contributed by atoms with Gasteiger partial charge in [-0.3, -0.25) is 9.78 Å². The molecule has 0 radical (unpaired) electrons. The summed E-state index contributed by atoms with van der Waals surface area (Å²) in [6.45, 7) is 1.44. The number of pyridine rings is 1. The number of aryl methyl sites for hydroxylation is 1. The molecule has 0 aliphatic carbocycles. The summed E-state index contributed by atoms with van der Waals surface area (Å²) in [5, 5.41) is 4.15. The Kier molecular flexibility index (Phi) is 4.87. The van der Waals surface area contributed by atoms with Gasteiger partial charge in [0.15, 0.2) is 5.82 Å². The van der Waals surface area contributed by atoms with Gasteiger partial charge in [-0.15, -0.1) is 0 Å². The summed E-state index contributed by atoms with van der Waals surface area (Å²) in [4.78, 5) is 24.8. The van der Waals surface area contributed by atoms with Crippen molar-refractivity contribution in [1.82, 2.24) is 24.8 Å². The molecule has 0 bridgehead atoms. The standard InChI is InChI=1S/C21H19N5O/c27-21(18-14-24-20(25-15-18)17-6-3-9-22-13-17)23-10-4-11-26-12-8-16-5-1-2-7-19(16)26/h1-3,5-9,12-15H,4,10-11H2,(H,23,27). The fourth-order valence-electron chi connectivity index (χ4n) is 2.98. The van der Waals surface area contributed by atoms with Gasteiger partial charge in [-0.05, 0) is 36.1 Å². The van der Waals surface area contributed by atoms with Gasteiger partial charge >= 0.3 is 0 Å². The van der Waals surface area contributed by atoms with E-state index in [0.29, 0.717) is 17.9 Å². The average Bonchev–Trinajstić information content (AvgIpc) is 3.15. The second-order valence-corrected chi connectivity index (χ2v) is 6.21. The molecule has 0 aliphatic rings. The molecule has 0 atom stereocenters. The molecule has 0 fully saturated rings. The van der Waals surface area contributed by atoms with Crippen molar-refractivity contribution in [3.8, 4) is 11.4 Å². The molecule has 0 unspecified atom stereocenters. The zero-order chi connectivity index (χ0) is 18.5. The number of rotatable bonds is 6. The molecule has 6 nitrogen and oxygen atoms in total. The van der Waals surface area contributed by atoms with Gasteiger partial charge in [0.2, 0.25) is 0 Å². The number of carbonyl (C=O) groups is 1. The van der Waals surface area contributed by atoms with Crippen LogP contribution in [-0.2, 0) is 6.54 Å². The summed E-state index contributed by atoms with van der Waals surface area (Å²) in [5.41, 5.74) is 2.49. The van der Waals surface area contributed by atoms with Crippen LogP contribution in [0.15, 0.2) is 73.4 Å². The molecule has 134 valence electrons. The highest BCUT2D eigenvalue weighted by atomic mass is 16.1. The topological polar surface area (TPSA) is 72.7 Å². The maximum absolute atomic E-state index is 12.3. The summed E-state index contributed by atoms with van der Waals surface area (Å²) < 4.78 is 2.20. The van der Waals surface area contributed by atoms with E-state index < -0.39 is 0 Å². The summed E-state index contributed by atoms with van der Waals surface area (Å²) >= 11 is 0. The highest BCUT2D eigenvalue weighted by Gasteiger charge is 2.08. The number of hydrogen-bond donors (Lipinski definition) is 1. The normalized spacial score (nSPS) is 10.8. The van der Waals surface area contributed by atoms with E-state index in [9.17, 15) is 4.79 Å². The molecule has 27 heavy (non-hydrogen) atoms. The predicted molar refractivity (Wildman–Crippen MR) is 104 cm³/mol. The number of nitrogens with one attached hydrogen (secondary N) is 1. The van der Waals surface area contributed by atoms with Crippen LogP contribution in [0.2, 0.25) is 0 Å². The highest BCUT2D eigenvalue weighted by Crippen LogP contribution is 2.15. The zero-order valence-electron chi connectivity index (χ0n) is 14.7. The van der Waals surface area contributed by atoms with E-state index in [0.717, 1.165) is 18.5 Å². The lowest BCUT2D eigenvalue weighted by Crippen LogP contribution is -2.25. The monoisotopic (exact) mass is 357 g/mol. The molecule has 1 aromatic carbocycles. The van der Waals surface area contributed by atoms with Crippen molar-refractivity contribution in [2.45, 2.75) is 13.0 Å². The van der Waals surface area contributed by atoms with Crippen LogP contribution in [-0.4, -0.2) is 32.0 Å². The maximum Gasteiger partial charge on any atom is 0.254 e. The third kappa shape index (κ3) is 3.84. The second-order valence-electron chi connectivity index (χ2n) is 6.21. The SMILES string of the molecule is O=C(NCCCn1ccc2ccccc21)c1cnc(-c2cccnc2)nc1. The summed E-state index contributed by atoms with van der Waals surface area (Å²) in [6, 6.07) is 14.1. The van der Waals surface area contributed by atoms with Crippen LogP contribution >= 0.6 is 0 Å². The number of aromatic nitrogens is 4. The van der Waals surface area contributed by atoms with Crippen molar-refractivity contribution >= 4 is 16.8 Å². The first-order chi connectivity index (χ1) is 13.3.